The molecule has 1 N–H and O–H groups in total. The lowest BCUT2D eigenvalue weighted by molar-refractivity contribution is -0.129. The zero-order valence-electron chi connectivity index (χ0n) is 11.8. The first-order chi connectivity index (χ1) is 9.62. The standard InChI is InChI=1S/C16H20N2O2/c1-12-4-2-3-5-13(12)14(19)18-10-7-16(8-11-18)6-9-17-15(16)20/h2-5H,6-11H2,1H3,(H,17,20). The van der Waals surface area contributed by atoms with Crippen molar-refractivity contribution in [2.45, 2.75) is 26.2 Å². The van der Waals surface area contributed by atoms with Gasteiger partial charge in [-0.25, -0.2) is 0 Å². The number of carbonyl (C=O) groups is 2. The Bertz CT molecular complexity index is 545. The third kappa shape index (κ3) is 2.09. The van der Waals surface area contributed by atoms with Gasteiger partial charge in [0.25, 0.3) is 5.91 Å². The van der Waals surface area contributed by atoms with E-state index in [-0.39, 0.29) is 17.2 Å². The zero-order chi connectivity index (χ0) is 14.2. The summed E-state index contributed by atoms with van der Waals surface area (Å²) >= 11 is 0. The number of carbonyl (C=O) groups excluding carboxylic acids is 2. The molecule has 2 fully saturated rings. The maximum absolute atomic E-state index is 12.5. The molecule has 0 bridgehead atoms. The summed E-state index contributed by atoms with van der Waals surface area (Å²) in [6.45, 7) is 4.11. The molecule has 1 spiro atoms. The lowest BCUT2D eigenvalue weighted by Crippen LogP contribution is -2.46. The van der Waals surface area contributed by atoms with Crippen LogP contribution < -0.4 is 5.32 Å². The zero-order valence-corrected chi connectivity index (χ0v) is 11.8. The van der Waals surface area contributed by atoms with Crippen LogP contribution >= 0.6 is 0 Å². The molecule has 106 valence electrons. The van der Waals surface area contributed by atoms with Crippen molar-refractivity contribution < 1.29 is 9.59 Å². The van der Waals surface area contributed by atoms with Crippen LogP contribution in [0.2, 0.25) is 0 Å². The third-order valence-corrected chi connectivity index (χ3v) is 4.75. The Labute approximate surface area is 119 Å². The van der Waals surface area contributed by atoms with Crippen LogP contribution in [0, 0.1) is 12.3 Å². The Hall–Kier alpha value is -1.84. The van der Waals surface area contributed by atoms with E-state index >= 15 is 0 Å². The molecule has 2 amide bonds. The molecule has 0 aromatic heterocycles. The van der Waals surface area contributed by atoms with Gasteiger partial charge in [-0.15, -0.1) is 0 Å². The summed E-state index contributed by atoms with van der Waals surface area (Å²) in [5.74, 6) is 0.275. The van der Waals surface area contributed by atoms with E-state index in [1.165, 1.54) is 0 Å². The van der Waals surface area contributed by atoms with E-state index in [9.17, 15) is 9.59 Å². The molecule has 0 unspecified atom stereocenters. The number of nitrogens with zero attached hydrogens (tertiary/aromatic N) is 1. The van der Waals surface area contributed by atoms with E-state index in [4.69, 9.17) is 0 Å². The summed E-state index contributed by atoms with van der Waals surface area (Å²) in [6, 6.07) is 7.68. The topological polar surface area (TPSA) is 49.4 Å². The fourth-order valence-electron chi connectivity index (χ4n) is 3.31. The molecule has 2 aliphatic rings. The second-order valence-corrected chi connectivity index (χ2v) is 5.89. The van der Waals surface area contributed by atoms with Crippen molar-refractivity contribution in [1.82, 2.24) is 10.2 Å². The number of aryl methyl sites for hydroxylation is 1. The van der Waals surface area contributed by atoms with Gasteiger partial charge in [0.15, 0.2) is 0 Å². The molecule has 3 rings (SSSR count). The van der Waals surface area contributed by atoms with Gasteiger partial charge < -0.3 is 10.2 Å². The lowest BCUT2D eigenvalue weighted by Gasteiger charge is -2.37. The molecule has 2 saturated heterocycles. The fourth-order valence-corrected chi connectivity index (χ4v) is 3.31. The highest BCUT2D eigenvalue weighted by molar-refractivity contribution is 5.96. The Kier molecular flexibility index (Phi) is 3.24. The van der Waals surface area contributed by atoms with Gasteiger partial charge in [-0.05, 0) is 37.8 Å². The van der Waals surface area contributed by atoms with E-state index in [2.05, 4.69) is 5.32 Å². The number of amides is 2. The van der Waals surface area contributed by atoms with Gasteiger partial charge >= 0.3 is 0 Å². The molecule has 2 aliphatic heterocycles. The van der Waals surface area contributed by atoms with E-state index in [0.717, 1.165) is 36.9 Å². The highest BCUT2D eigenvalue weighted by atomic mass is 16.2. The quantitative estimate of drug-likeness (QED) is 0.846. The highest BCUT2D eigenvalue weighted by Crippen LogP contribution is 2.38. The molecule has 4 heteroatoms. The van der Waals surface area contributed by atoms with Gasteiger partial charge in [-0.2, -0.15) is 0 Å². The van der Waals surface area contributed by atoms with Crippen molar-refractivity contribution in [1.29, 1.82) is 0 Å². The summed E-state index contributed by atoms with van der Waals surface area (Å²) in [7, 11) is 0. The second kappa shape index (κ2) is 4.93. The molecule has 0 aliphatic carbocycles. The molecule has 0 atom stereocenters. The van der Waals surface area contributed by atoms with Crippen LogP contribution in [0.3, 0.4) is 0 Å². The number of rotatable bonds is 1. The second-order valence-electron chi connectivity index (χ2n) is 5.89. The van der Waals surface area contributed by atoms with Gasteiger partial charge in [-0.3, -0.25) is 9.59 Å². The van der Waals surface area contributed by atoms with Gasteiger partial charge in [0.2, 0.25) is 5.91 Å². The predicted octanol–water partition coefficient (Wildman–Crippen LogP) is 1.74. The van der Waals surface area contributed by atoms with Crippen LogP contribution in [0.1, 0.15) is 35.2 Å². The van der Waals surface area contributed by atoms with Gasteiger partial charge in [0.1, 0.15) is 0 Å². The first-order valence-corrected chi connectivity index (χ1v) is 7.26. The van der Waals surface area contributed by atoms with Gasteiger partial charge in [0.05, 0.1) is 5.41 Å². The molecule has 1 aromatic carbocycles. The average Bonchev–Trinajstić information content (AvgIpc) is 2.81. The normalized spacial score (nSPS) is 21.1. The average molecular weight is 272 g/mol. The summed E-state index contributed by atoms with van der Waals surface area (Å²) in [5.41, 5.74) is 1.58. The molecule has 1 aromatic rings. The molecular formula is C16H20N2O2. The minimum absolute atomic E-state index is 0.0938. The van der Waals surface area contributed by atoms with Gasteiger partial charge in [-0.1, -0.05) is 18.2 Å². The molecule has 0 saturated carbocycles. The van der Waals surface area contributed by atoms with E-state index in [0.29, 0.717) is 13.1 Å². The monoisotopic (exact) mass is 272 g/mol. The SMILES string of the molecule is Cc1ccccc1C(=O)N1CCC2(CCNC2=O)CC1. The van der Waals surface area contributed by atoms with Crippen LogP contribution in [0.5, 0.6) is 0 Å². The summed E-state index contributed by atoms with van der Waals surface area (Å²) in [5, 5.41) is 2.92. The molecular weight excluding hydrogens is 252 g/mol. The molecule has 20 heavy (non-hydrogen) atoms. The van der Waals surface area contributed by atoms with Crippen molar-refractivity contribution in [3.05, 3.63) is 35.4 Å². The van der Waals surface area contributed by atoms with Crippen LogP contribution in [0.15, 0.2) is 24.3 Å². The molecule has 2 heterocycles. The van der Waals surface area contributed by atoms with Crippen molar-refractivity contribution in [2.75, 3.05) is 19.6 Å². The maximum Gasteiger partial charge on any atom is 0.254 e. The first-order valence-electron chi connectivity index (χ1n) is 7.26. The Morgan fingerprint density at radius 1 is 1.20 bits per heavy atom. The molecule has 0 radical (unpaired) electrons. The minimum atomic E-state index is -0.206. The van der Waals surface area contributed by atoms with E-state index in [1.54, 1.807) is 0 Å². The number of likely N-dealkylation sites (tertiary alicyclic amines) is 1. The number of piperidine rings is 1. The number of benzene rings is 1. The predicted molar refractivity (Wildman–Crippen MR) is 76.4 cm³/mol. The number of hydrogen-bond acceptors (Lipinski definition) is 2. The van der Waals surface area contributed by atoms with E-state index < -0.39 is 0 Å². The molecule has 4 nitrogen and oxygen atoms in total. The summed E-state index contributed by atoms with van der Waals surface area (Å²) < 4.78 is 0. The minimum Gasteiger partial charge on any atom is -0.356 e. The lowest BCUT2D eigenvalue weighted by atomic mass is 9.77. The van der Waals surface area contributed by atoms with Crippen molar-refractivity contribution >= 4 is 11.8 Å². The van der Waals surface area contributed by atoms with Crippen molar-refractivity contribution in [3.63, 3.8) is 0 Å². The fraction of sp³-hybridized carbons (Fsp3) is 0.500. The largest absolute Gasteiger partial charge is 0.356 e. The van der Waals surface area contributed by atoms with Crippen LogP contribution in [0.4, 0.5) is 0 Å². The summed E-state index contributed by atoms with van der Waals surface area (Å²) in [4.78, 5) is 26.4. The number of nitrogens with one attached hydrogen (secondary N) is 1. The smallest absolute Gasteiger partial charge is 0.254 e. The first kappa shape index (κ1) is 13.2. The summed E-state index contributed by atoms with van der Waals surface area (Å²) in [6.07, 6.45) is 2.49. The Morgan fingerprint density at radius 3 is 2.50 bits per heavy atom. The highest BCUT2D eigenvalue weighted by Gasteiger charge is 2.45. The van der Waals surface area contributed by atoms with Gasteiger partial charge in [0, 0.05) is 25.2 Å². The third-order valence-electron chi connectivity index (χ3n) is 4.75. The Balaban J connectivity index is 1.71. The van der Waals surface area contributed by atoms with Crippen LogP contribution in [-0.2, 0) is 4.79 Å². The number of hydrogen-bond donors (Lipinski definition) is 1. The van der Waals surface area contributed by atoms with Crippen LogP contribution in [0.25, 0.3) is 0 Å². The van der Waals surface area contributed by atoms with Crippen molar-refractivity contribution in [2.24, 2.45) is 5.41 Å². The Morgan fingerprint density at radius 2 is 1.90 bits per heavy atom. The van der Waals surface area contributed by atoms with E-state index in [1.807, 2.05) is 36.1 Å². The maximum atomic E-state index is 12.5. The van der Waals surface area contributed by atoms with Crippen molar-refractivity contribution in [3.8, 4) is 0 Å². The van der Waals surface area contributed by atoms with Crippen LogP contribution in [-0.4, -0.2) is 36.3 Å².